The third-order valence-corrected chi connectivity index (χ3v) is 5.21. The summed E-state index contributed by atoms with van der Waals surface area (Å²) in [5.74, 6) is 0.215. The van der Waals surface area contributed by atoms with Crippen molar-refractivity contribution in [2.75, 3.05) is 23.9 Å². The van der Waals surface area contributed by atoms with Crippen molar-refractivity contribution in [3.05, 3.63) is 54.6 Å². The molecule has 0 unspecified atom stereocenters. The molecular formula is C17H19NO3S. The third kappa shape index (κ3) is 3.25. The normalized spacial score (nSPS) is 15.0. The molecule has 0 aliphatic carbocycles. The van der Waals surface area contributed by atoms with Crippen LogP contribution in [0, 0.1) is 0 Å². The molecule has 0 spiro atoms. The van der Waals surface area contributed by atoms with Gasteiger partial charge in [-0.3, -0.25) is 0 Å². The number of hydrogen-bond acceptors (Lipinski definition) is 4. The molecule has 1 aliphatic heterocycles. The van der Waals surface area contributed by atoms with Gasteiger partial charge in [0.1, 0.15) is 5.75 Å². The van der Waals surface area contributed by atoms with Gasteiger partial charge in [-0.25, -0.2) is 8.42 Å². The second-order valence-corrected chi connectivity index (χ2v) is 7.26. The maximum atomic E-state index is 12.6. The van der Waals surface area contributed by atoms with Crippen molar-refractivity contribution in [1.29, 1.82) is 0 Å². The highest BCUT2D eigenvalue weighted by molar-refractivity contribution is 7.91. The predicted octanol–water partition coefficient (Wildman–Crippen LogP) is 3.10. The van der Waals surface area contributed by atoms with E-state index in [4.69, 9.17) is 4.74 Å². The summed E-state index contributed by atoms with van der Waals surface area (Å²) >= 11 is 0. The van der Waals surface area contributed by atoms with Crippen molar-refractivity contribution >= 4 is 15.5 Å². The van der Waals surface area contributed by atoms with E-state index in [1.54, 1.807) is 24.3 Å². The van der Waals surface area contributed by atoms with Gasteiger partial charge < -0.3 is 9.64 Å². The van der Waals surface area contributed by atoms with Crippen LogP contribution in [0.2, 0.25) is 0 Å². The molecule has 116 valence electrons. The quantitative estimate of drug-likeness (QED) is 0.850. The molecule has 0 bridgehead atoms. The first-order valence-corrected chi connectivity index (χ1v) is 9.07. The van der Waals surface area contributed by atoms with Crippen molar-refractivity contribution in [2.24, 2.45) is 0 Å². The minimum Gasteiger partial charge on any atom is -0.477 e. The fourth-order valence-electron chi connectivity index (χ4n) is 2.67. The zero-order valence-electron chi connectivity index (χ0n) is 12.3. The standard InChI is InChI=1S/C17H19NO3S/c19-22(20,14-21-15-8-2-1-3-9-15)17-11-5-4-10-16(17)18-12-6-7-13-18/h1-5,8-11H,6-7,12-14H2. The monoisotopic (exact) mass is 317 g/mol. The number of rotatable bonds is 5. The summed E-state index contributed by atoms with van der Waals surface area (Å²) in [5.41, 5.74) is 0.789. The number of sulfone groups is 1. The van der Waals surface area contributed by atoms with Crippen LogP contribution >= 0.6 is 0 Å². The molecule has 3 rings (SSSR count). The van der Waals surface area contributed by atoms with Crippen LogP contribution in [0.1, 0.15) is 12.8 Å². The molecule has 1 aliphatic rings. The van der Waals surface area contributed by atoms with Crippen LogP contribution in [0.4, 0.5) is 5.69 Å². The molecule has 1 fully saturated rings. The minimum atomic E-state index is -3.49. The first-order valence-electron chi connectivity index (χ1n) is 7.41. The molecule has 1 heterocycles. The highest BCUT2D eigenvalue weighted by Crippen LogP contribution is 2.29. The summed E-state index contributed by atoms with van der Waals surface area (Å²) in [5, 5.41) is 0. The van der Waals surface area contributed by atoms with E-state index in [2.05, 4.69) is 4.90 Å². The predicted molar refractivity (Wildman–Crippen MR) is 87.0 cm³/mol. The molecule has 2 aromatic rings. The van der Waals surface area contributed by atoms with Crippen LogP contribution in [0.25, 0.3) is 0 Å². The van der Waals surface area contributed by atoms with Gasteiger partial charge in [-0.1, -0.05) is 30.3 Å². The van der Waals surface area contributed by atoms with Crippen LogP contribution in [-0.4, -0.2) is 27.4 Å². The van der Waals surface area contributed by atoms with Crippen LogP contribution in [0.15, 0.2) is 59.5 Å². The van der Waals surface area contributed by atoms with Crippen LogP contribution in [0.5, 0.6) is 5.75 Å². The lowest BCUT2D eigenvalue weighted by molar-refractivity contribution is 0.376. The van der Waals surface area contributed by atoms with Gasteiger partial charge in [-0.05, 0) is 37.1 Å². The molecule has 0 amide bonds. The zero-order chi connectivity index (χ0) is 15.4. The van der Waals surface area contributed by atoms with Gasteiger partial charge in [0.2, 0.25) is 9.84 Å². The molecule has 0 N–H and O–H groups in total. The number of anilines is 1. The van der Waals surface area contributed by atoms with Gasteiger partial charge in [-0.2, -0.15) is 0 Å². The number of nitrogens with zero attached hydrogens (tertiary/aromatic N) is 1. The van der Waals surface area contributed by atoms with E-state index < -0.39 is 9.84 Å². The van der Waals surface area contributed by atoms with Crippen molar-refractivity contribution < 1.29 is 13.2 Å². The van der Waals surface area contributed by atoms with Gasteiger partial charge in [0.15, 0.2) is 5.94 Å². The Kier molecular flexibility index (Phi) is 4.34. The van der Waals surface area contributed by atoms with Crippen LogP contribution in [0.3, 0.4) is 0 Å². The minimum absolute atomic E-state index is 0.345. The highest BCUT2D eigenvalue weighted by atomic mass is 32.2. The Morgan fingerprint density at radius 3 is 2.27 bits per heavy atom. The highest BCUT2D eigenvalue weighted by Gasteiger charge is 2.24. The molecule has 0 aromatic heterocycles. The molecule has 0 atom stereocenters. The number of para-hydroxylation sites is 2. The van der Waals surface area contributed by atoms with Crippen molar-refractivity contribution in [1.82, 2.24) is 0 Å². The van der Waals surface area contributed by atoms with Gasteiger partial charge in [0, 0.05) is 13.1 Å². The number of hydrogen-bond donors (Lipinski definition) is 0. The summed E-state index contributed by atoms with van der Waals surface area (Å²) in [6.45, 7) is 1.82. The van der Waals surface area contributed by atoms with Crippen molar-refractivity contribution in [3.8, 4) is 5.75 Å². The Morgan fingerprint density at radius 1 is 0.909 bits per heavy atom. The van der Waals surface area contributed by atoms with E-state index in [1.165, 1.54) is 0 Å². The lowest BCUT2D eigenvalue weighted by atomic mass is 10.3. The molecule has 1 saturated heterocycles. The van der Waals surface area contributed by atoms with E-state index in [-0.39, 0.29) is 5.94 Å². The Hall–Kier alpha value is -2.01. The number of benzene rings is 2. The van der Waals surface area contributed by atoms with Crippen molar-refractivity contribution in [2.45, 2.75) is 17.7 Å². The topological polar surface area (TPSA) is 46.6 Å². The summed E-state index contributed by atoms with van der Waals surface area (Å²) < 4.78 is 30.7. The summed E-state index contributed by atoms with van der Waals surface area (Å²) in [6, 6.07) is 16.2. The zero-order valence-corrected chi connectivity index (χ0v) is 13.1. The van der Waals surface area contributed by atoms with Gasteiger partial charge in [0.05, 0.1) is 10.6 Å². The summed E-state index contributed by atoms with van der Waals surface area (Å²) in [7, 11) is -3.49. The smallest absolute Gasteiger partial charge is 0.215 e. The van der Waals surface area contributed by atoms with Gasteiger partial charge in [-0.15, -0.1) is 0 Å². The molecule has 2 aromatic carbocycles. The van der Waals surface area contributed by atoms with Gasteiger partial charge >= 0.3 is 0 Å². The Bertz CT molecular complexity index is 723. The average Bonchev–Trinajstić information content (AvgIpc) is 3.08. The first kappa shape index (κ1) is 14.9. The van der Waals surface area contributed by atoms with Crippen LogP contribution < -0.4 is 9.64 Å². The second-order valence-electron chi connectivity index (χ2n) is 5.35. The molecule has 0 radical (unpaired) electrons. The van der Waals surface area contributed by atoms with E-state index >= 15 is 0 Å². The molecular weight excluding hydrogens is 298 g/mol. The third-order valence-electron chi connectivity index (χ3n) is 3.77. The molecule has 5 heteroatoms. The Labute approximate surface area is 131 Å². The fraction of sp³-hybridized carbons (Fsp3) is 0.294. The second kappa shape index (κ2) is 6.40. The molecule has 0 saturated carbocycles. The molecule has 4 nitrogen and oxygen atoms in total. The van der Waals surface area contributed by atoms with Gasteiger partial charge in [0.25, 0.3) is 0 Å². The fourth-order valence-corrected chi connectivity index (χ4v) is 3.89. The molecule has 22 heavy (non-hydrogen) atoms. The SMILES string of the molecule is O=S(=O)(COc1ccccc1)c1ccccc1N1CCCC1. The van der Waals surface area contributed by atoms with E-state index in [1.807, 2.05) is 30.3 Å². The Morgan fingerprint density at radius 2 is 1.55 bits per heavy atom. The summed E-state index contributed by atoms with van der Waals surface area (Å²) in [4.78, 5) is 2.49. The van der Waals surface area contributed by atoms with E-state index in [0.717, 1.165) is 31.6 Å². The maximum Gasteiger partial charge on any atom is 0.215 e. The van der Waals surface area contributed by atoms with E-state index in [0.29, 0.717) is 10.6 Å². The van der Waals surface area contributed by atoms with Crippen LogP contribution in [-0.2, 0) is 9.84 Å². The lowest BCUT2D eigenvalue weighted by Crippen LogP contribution is -2.22. The largest absolute Gasteiger partial charge is 0.477 e. The average molecular weight is 317 g/mol. The van der Waals surface area contributed by atoms with Crippen molar-refractivity contribution in [3.63, 3.8) is 0 Å². The maximum absolute atomic E-state index is 12.6. The lowest BCUT2D eigenvalue weighted by Gasteiger charge is -2.21. The Balaban J connectivity index is 1.83. The van der Waals surface area contributed by atoms with E-state index in [9.17, 15) is 8.42 Å². The summed E-state index contributed by atoms with van der Waals surface area (Å²) in [6.07, 6.45) is 2.21. The number of ether oxygens (including phenoxy) is 1. The first-order chi connectivity index (χ1) is 10.7.